The van der Waals surface area contributed by atoms with Crippen LogP contribution in [0.4, 0.5) is 0 Å². The molecule has 26 heavy (non-hydrogen) atoms. The predicted molar refractivity (Wildman–Crippen MR) is 105 cm³/mol. The first-order chi connectivity index (χ1) is 12.6. The molecule has 4 aromatic rings. The fourth-order valence-electron chi connectivity index (χ4n) is 2.78. The van der Waals surface area contributed by atoms with Crippen molar-refractivity contribution in [2.75, 3.05) is 0 Å². The summed E-state index contributed by atoms with van der Waals surface area (Å²) in [6, 6.07) is 4.17. The van der Waals surface area contributed by atoms with Crippen molar-refractivity contribution in [3.05, 3.63) is 45.9 Å². The molecule has 4 aromatic heterocycles. The summed E-state index contributed by atoms with van der Waals surface area (Å²) < 4.78 is 1.86. The molecule has 134 valence electrons. The lowest BCUT2D eigenvalue weighted by Crippen LogP contribution is -1.99. The van der Waals surface area contributed by atoms with Crippen LogP contribution in [0.3, 0.4) is 0 Å². The van der Waals surface area contributed by atoms with Crippen molar-refractivity contribution in [1.82, 2.24) is 29.8 Å². The van der Waals surface area contributed by atoms with E-state index in [-0.39, 0.29) is 0 Å². The van der Waals surface area contributed by atoms with Gasteiger partial charge in [-0.25, -0.2) is 4.98 Å². The second kappa shape index (κ2) is 7.20. The summed E-state index contributed by atoms with van der Waals surface area (Å²) in [7, 11) is 0. The van der Waals surface area contributed by atoms with E-state index >= 15 is 0 Å². The van der Waals surface area contributed by atoms with Crippen LogP contribution in [-0.4, -0.2) is 29.8 Å². The summed E-state index contributed by atoms with van der Waals surface area (Å²) in [5.41, 5.74) is 3.30. The molecule has 8 heteroatoms. The van der Waals surface area contributed by atoms with Crippen molar-refractivity contribution in [3.63, 3.8) is 0 Å². The summed E-state index contributed by atoms with van der Waals surface area (Å²) in [5, 5.41) is 17.3. The van der Waals surface area contributed by atoms with Gasteiger partial charge in [-0.05, 0) is 18.6 Å². The molecular weight excluding hydrogens is 364 g/mol. The molecule has 0 aliphatic heterocycles. The Morgan fingerprint density at radius 3 is 2.88 bits per heavy atom. The smallest absolute Gasteiger partial charge is 0.234 e. The molecule has 0 saturated carbocycles. The number of hydrogen-bond donors (Lipinski definition) is 0. The van der Waals surface area contributed by atoms with E-state index in [2.05, 4.69) is 52.5 Å². The average Bonchev–Trinajstić information content (AvgIpc) is 3.31. The Hall–Kier alpha value is -2.19. The van der Waals surface area contributed by atoms with Crippen LogP contribution < -0.4 is 0 Å². The second-order valence-electron chi connectivity index (χ2n) is 6.51. The van der Waals surface area contributed by atoms with Crippen LogP contribution >= 0.6 is 22.7 Å². The Labute approximate surface area is 160 Å². The van der Waals surface area contributed by atoms with Gasteiger partial charge in [-0.15, -0.1) is 21.5 Å². The standard InChI is InChI=1S/C18H20N6S2/c1-4-5-13-8-12(6-7-19-13)17-20-14(10-25-17)9-15-23-24-16(11(2)3)21-22-18(24)26-15/h6-8,10-11H,4-5,9H2,1-3H3. The van der Waals surface area contributed by atoms with Crippen LogP contribution in [0.15, 0.2) is 23.7 Å². The highest BCUT2D eigenvalue weighted by Crippen LogP contribution is 2.26. The summed E-state index contributed by atoms with van der Waals surface area (Å²) in [4.78, 5) is 10.1. The number of thiazole rings is 1. The van der Waals surface area contributed by atoms with E-state index in [0.29, 0.717) is 5.92 Å². The van der Waals surface area contributed by atoms with E-state index in [0.717, 1.165) is 57.0 Å². The molecule has 0 radical (unpaired) electrons. The quantitative estimate of drug-likeness (QED) is 0.494. The van der Waals surface area contributed by atoms with Gasteiger partial charge in [0.25, 0.3) is 0 Å². The zero-order valence-corrected chi connectivity index (χ0v) is 16.6. The van der Waals surface area contributed by atoms with E-state index in [4.69, 9.17) is 4.98 Å². The van der Waals surface area contributed by atoms with Gasteiger partial charge in [-0.3, -0.25) is 4.98 Å². The zero-order valence-electron chi connectivity index (χ0n) is 15.0. The second-order valence-corrected chi connectivity index (χ2v) is 8.41. The molecule has 4 rings (SSSR count). The molecule has 0 unspecified atom stereocenters. The first-order valence-corrected chi connectivity index (χ1v) is 10.4. The molecule has 0 aliphatic rings. The molecule has 0 saturated heterocycles. The summed E-state index contributed by atoms with van der Waals surface area (Å²) in [6.07, 6.45) is 4.68. The molecule has 0 amide bonds. The lowest BCUT2D eigenvalue weighted by Gasteiger charge is -2.00. The fourth-order valence-corrected chi connectivity index (χ4v) is 4.46. The van der Waals surface area contributed by atoms with Gasteiger partial charge in [0, 0.05) is 35.2 Å². The molecule has 4 heterocycles. The van der Waals surface area contributed by atoms with Crippen molar-refractivity contribution in [2.45, 2.75) is 46.0 Å². The van der Waals surface area contributed by atoms with E-state index < -0.39 is 0 Å². The van der Waals surface area contributed by atoms with E-state index in [9.17, 15) is 0 Å². The Balaban J connectivity index is 1.56. The predicted octanol–water partition coefficient (Wildman–Crippen LogP) is 4.37. The minimum Gasteiger partial charge on any atom is -0.261 e. The maximum Gasteiger partial charge on any atom is 0.234 e. The third-order valence-corrected chi connectivity index (χ3v) is 5.87. The minimum absolute atomic E-state index is 0.301. The lowest BCUT2D eigenvalue weighted by atomic mass is 10.2. The Kier molecular flexibility index (Phi) is 4.78. The molecule has 0 aliphatic carbocycles. The summed E-state index contributed by atoms with van der Waals surface area (Å²) in [6.45, 7) is 6.37. The molecular formula is C18H20N6S2. The highest BCUT2D eigenvalue weighted by Gasteiger charge is 2.15. The summed E-state index contributed by atoms with van der Waals surface area (Å²) >= 11 is 3.25. The largest absolute Gasteiger partial charge is 0.261 e. The van der Waals surface area contributed by atoms with Gasteiger partial charge in [0.05, 0.1) is 5.69 Å². The number of aromatic nitrogens is 6. The highest BCUT2D eigenvalue weighted by atomic mass is 32.1. The Morgan fingerprint density at radius 1 is 1.19 bits per heavy atom. The van der Waals surface area contributed by atoms with Crippen LogP contribution in [0.2, 0.25) is 0 Å². The van der Waals surface area contributed by atoms with Crippen molar-refractivity contribution in [1.29, 1.82) is 0 Å². The first-order valence-electron chi connectivity index (χ1n) is 8.74. The van der Waals surface area contributed by atoms with Crippen LogP contribution in [0.5, 0.6) is 0 Å². The zero-order chi connectivity index (χ0) is 18.1. The fraction of sp³-hybridized carbons (Fsp3) is 0.389. The van der Waals surface area contributed by atoms with Crippen LogP contribution in [0.1, 0.15) is 55.3 Å². The van der Waals surface area contributed by atoms with E-state index in [1.807, 2.05) is 16.8 Å². The van der Waals surface area contributed by atoms with E-state index in [1.165, 1.54) is 0 Å². The van der Waals surface area contributed by atoms with Gasteiger partial charge >= 0.3 is 0 Å². The number of pyridine rings is 1. The first kappa shape index (κ1) is 17.2. The molecule has 0 fully saturated rings. The number of rotatable bonds is 6. The highest BCUT2D eigenvalue weighted by molar-refractivity contribution is 7.16. The third-order valence-electron chi connectivity index (χ3n) is 4.03. The SMILES string of the molecule is CCCc1cc(-c2nc(Cc3nn4c(C(C)C)nnc4s3)cs2)ccn1. The normalized spacial score (nSPS) is 11.7. The summed E-state index contributed by atoms with van der Waals surface area (Å²) in [5.74, 6) is 1.21. The Bertz CT molecular complexity index is 1030. The van der Waals surface area contributed by atoms with E-state index in [1.54, 1.807) is 22.7 Å². The van der Waals surface area contributed by atoms with Gasteiger partial charge in [0.1, 0.15) is 10.0 Å². The molecule has 0 N–H and O–H groups in total. The van der Waals surface area contributed by atoms with Crippen LogP contribution in [0, 0.1) is 0 Å². The van der Waals surface area contributed by atoms with Crippen molar-refractivity contribution >= 4 is 27.6 Å². The third kappa shape index (κ3) is 3.39. The van der Waals surface area contributed by atoms with Crippen molar-refractivity contribution in [2.24, 2.45) is 0 Å². The topological polar surface area (TPSA) is 68.9 Å². The van der Waals surface area contributed by atoms with Gasteiger partial charge < -0.3 is 0 Å². The van der Waals surface area contributed by atoms with Gasteiger partial charge in [-0.2, -0.15) is 9.61 Å². The number of hydrogen-bond acceptors (Lipinski definition) is 7. The maximum absolute atomic E-state index is 4.80. The van der Waals surface area contributed by atoms with Crippen LogP contribution in [-0.2, 0) is 12.8 Å². The monoisotopic (exact) mass is 384 g/mol. The van der Waals surface area contributed by atoms with Crippen molar-refractivity contribution < 1.29 is 0 Å². The number of aryl methyl sites for hydroxylation is 1. The molecule has 0 bridgehead atoms. The number of fused-ring (bicyclic) bond motifs is 1. The van der Waals surface area contributed by atoms with Gasteiger partial charge in [-0.1, -0.05) is 38.5 Å². The molecule has 6 nitrogen and oxygen atoms in total. The lowest BCUT2D eigenvalue weighted by molar-refractivity contribution is 0.719. The van der Waals surface area contributed by atoms with Crippen LogP contribution in [0.25, 0.3) is 15.5 Å². The van der Waals surface area contributed by atoms with Gasteiger partial charge in [0.2, 0.25) is 4.96 Å². The average molecular weight is 385 g/mol. The molecule has 0 atom stereocenters. The Morgan fingerprint density at radius 2 is 2.08 bits per heavy atom. The van der Waals surface area contributed by atoms with Crippen molar-refractivity contribution in [3.8, 4) is 10.6 Å². The number of nitrogens with zero attached hydrogens (tertiary/aromatic N) is 6. The molecule has 0 aromatic carbocycles. The minimum atomic E-state index is 0.301. The van der Waals surface area contributed by atoms with Gasteiger partial charge in [0.15, 0.2) is 5.82 Å². The maximum atomic E-state index is 4.80. The molecule has 0 spiro atoms.